The van der Waals surface area contributed by atoms with Crippen molar-refractivity contribution in [3.8, 4) is 11.3 Å². The van der Waals surface area contributed by atoms with Crippen molar-refractivity contribution in [1.29, 1.82) is 0 Å². The third kappa shape index (κ3) is 7.27. The van der Waals surface area contributed by atoms with Crippen LogP contribution in [0.1, 0.15) is 35.5 Å². The average Bonchev–Trinajstić information content (AvgIpc) is 3.73. The SMILES string of the molecule is CCOC(=O)C1=C(c2ccccc2)N=c2s/c(=C/c3ccc(Sc4nc(-c5ccccc5)cc(C(F)(F)F)n4)o3)c(=O)n2[C@@H]1c1ccc(SC)cc1. The zero-order valence-corrected chi connectivity index (χ0v) is 29.9. The summed E-state index contributed by atoms with van der Waals surface area (Å²) in [6.07, 6.45) is -1.18. The van der Waals surface area contributed by atoms with Crippen LogP contribution in [0, 0.1) is 0 Å². The summed E-state index contributed by atoms with van der Waals surface area (Å²) in [5.41, 5.74) is 1.16. The second kappa shape index (κ2) is 14.8. The summed E-state index contributed by atoms with van der Waals surface area (Å²) in [6, 6.07) is 28.6. The number of benzene rings is 3. The van der Waals surface area contributed by atoms with E-state index in [-0.39, 0.29) is 38.4 Å². The van der Waals surface area contributed by atoms with Gasteiger partial charge in [0.05, 0.1) is 34.1 Å². The monoisotopic (exact) mass is 756 g/mol. The highest BCUT2D eigenvalue weighted by atomic mass is 32.2. The summed E-state index contributed by atoms with van der Waals surface area (Å²) in [5.74, 6) is -0.310. The maximum absolute atomic E-state index is 14.2. The molecule has 52 heavy (non-hydrogen) atoms. The third-order valence-corrected chi connectivity index (χ3v) is 10.5. The zero-order chi connectivity index (χ0) is 36.4. The van der Waals surface area contributed by atoms with Crippen LogP contribution in [-0.2, 0) is 15.7 Å². The van der Waals surface area contributed by atoms with E-state index in [2.05, 4.69) is 9.97 Å². The van der Waals surface area contributed by atoms with Gasteiger partial charge in [-0.05, 0) is 60.8 Å². The summed E-state index contributed by atoms with van der Waals surface area (Å²) in [6.45, 7) is 1.85. The van der Waals surface area contributed by atoms with E-state index >= 15 is 0 Å². The topological polar surface area (TPSA) is 99.6 Å². The van der Waals surface area contributed by atoms with Gasteiger partial charge in [0.2, 0.25) is 0 Å². The molecule has 1 atom stereocenters. The molecule has 0 saturated heterocycles. The Hall–Kier alpha value is -5.18. The van der Waals surface area contributed by atoms with Crippen LogP contribution in [0.4, 0.5) is 13.2 Å². The van der Waals surface area contributed by atoms with Crippen LogP contribution in [0.2, 0.25) is 0 Å². The summed E-state index contributed by atoms with van der Waals surface area (Å²) < 4.78 is 54.6. The lowest BCUT2D eigenvalue weighted by Gasteiger charge is -2.26. The number of esters is 1. The molecule has 3 aromatic heterocycles. The van der Waals surface area contributed by atoms with Gasteiger partial charge in [-0.2, -0.15) is 13.2 Å². The fraction of sp³-hybridized carbons (Fsp3) is 0.132. The summed E-state index contributed by atoms with van der Waals surface area (Å²) in [5, 5.41) is 0.0708. The number of rotatable bonds is 9. The van der Waals surface area contributed by atoms with E-state index in [0.29, 0.717) is 27.2 Å². The Balaban J connectivity index is 1.31. The highest BCUT2D eigenvalue weighted by molar-refractivity contribution is 7.99. The first kappa shape index (κ1) is 35.2. The minimum atomic E-state index is -4.69. The van der Waals surface area contributed by atoms with Crippen LogP contribution in [0.25, 0.3) is 23.0 Å². The molecule has 0 bridgehead atoms. The molecular formula is C38H27F3N4O4S3. The summed E-state index contributed by atoms with van der Waals surface area (Å²) in [7, 11) is 0. The highest BCUT2D eigenvalue weighted by Gasteiger charge is 2.36. The minimum Gasteiger partial charge on any atom is -0.463 e. The minimum absolute atomic E-state index is 0.119. The molecule has 0 fully saturated rings. The molecule has 3 aromatic carbocycles. The number of thiazole rings is 1. The van der Waals surface area contributed by atoms with E-state index in [0.717, 1.165) is 34.1 Å². The van der Waals surface area contributed by atoms with E-state index in [1.165, 1.54) is 4.57 Å². The molecule has 262 valence electrons. The number of furan rings is 1. The van der Waals surface area contributed by atoms with E-state index in [1.54, 1.807) is 67.2 Å². The number of nitrogens with zero attached hydrogens (tertiary/aromatic N) is 4. The Labute approximate surface area is 307 Å². The fourth-order valence-electron chi connectivity index (χ4n) is 5.60. The number of ether oxygens (including phenoxy) is 1. The lowest BCUT2D eigenvalue weighted by Crippen LogP contribution is -2.40. The van der Waals surface area contributed by atoms with Gasteiger partial charge in [-0.3, -0.25) is 9.36 Å². The quantitative estimate of drug-likeness (QED) is 0.0836. The van der Waals surface area contributed by atoms with Gasteiger partial charge in [0.25, 0.3) is 5.56 Å². The number of carbonyl (C=O) groups excluding carboxylic acids is 1. The van der Waals surface area contributed by atoms with Gasteiger partial charge in [-0.15, -0.1) is 11.8 Å². The molecule has 0 radical (unpaired) electrons. The van der Waals surface area contributed by atoms with Gasteiger partial charge in [0.1, 0.15) is 11.5 Å². The zero-order valence-electron chi connectivity index (χ0n) is 27.5. The average molecular weight is 757 g/mol. The molecule has 0 N–H and O–H groups in total. The first-order valence-corrected chi connectivity index (χ1v) is 18.7. The number of hydrogen-bond donors (Lipinski definition) is 0. The van der Waals surface area contributed by atoms with Crippen molar-refractivity contribution in [2.24, 2.45) is 4.99 Å². The smallest absolute Gasteiger partial charge is 0.433 e. The predicted molar refractivity (Wildman–Crippen MR) is 195 cm³/mol. The predicted octanol–water partition coefficient (Wildman–Crippen LogP) is 7.88. The molecule has 8 nitrogen and oxygen atoms in total. The molecule has 4 heterocycles. The first-order valence-electron chi connectivity index (χ1n) is 15.8. The van der Waals surface area contributed by atoms with Gasteiger partial charge < -0.3 is 9.15 Å². The van der Waals surface area contributed by atoms with E-state index in [1.807, 2.05) is 60.9 Å². The lowest BCUT2D eigenvalue weighted by molar-refractivity contribution is -0.141. The lowest BCUT2D eigenvalue weighted by atomic mass is 9.93. The number of aromatic nitrogens is 3. The van der Waals surface area contributed by atoms with Crippen molar-refractivity contribution in [3.63, 3.8) is 0 Å². The number of thioether (sulfide) groups is 1. The number of alkyl halides is 3. The third-order valence-electron chi connectivity index (χ3n) is 7.94. The van der Waals surface area contributed by atoms with Gasteiger partial charge in [-0.25, -0.2) is 19.8 Å². The normalized spacial score (nSPS) is 14.6. The molecule has 1 aliphatic rings. The van der Waals surface area contributed by atoms with Crippen molar-refractivity contribution in [2.75, 3.05) is 12.9 Å². The van der Waals surface area contributed by atoms with Crippen molar-refractivity contribution in [2.45, 2.75) is 34.3 Å². The molecule has 0 amide bonds. The van der Waals surface area contributed by atoms with Gasteiger partial charge in [0, 0.05) is 22.1 Å². The summed E-state index contributed by atoms with van der Waals surface area (Å²) in [4.78, 5) is 42.2. The molecule has 7 rings (SSSR count). The van der Waals surface area contributed by atoms with E-state index in [4.69, 9.17) is 14.1 Å². The molecule has 0 saturated carbocycles. The van der Waals surface area contributed by atoms with E-state index < -0.39 is 29.4 Å². The number of hydrogen-bond acceptors (Lipinski definition) is 10. The molecule has 0 unspecified atom stereocenters. The Morgan fingerprint density at radius 2 is 1.65 bits per heavy atom. The number of fused-ring (bicyclic) bond motifs is 1. The molecular weight excluding hydrogens is 730 g/mol. The van der Waals surface area contributed by atoms with Crippen molar-refractivity contribution >= 4 is 52.6 Å². The van der Waals surface area contributed by atoms with Crippen LogP contribution < -0.4 is 14.9 Å². The van der Waals surface area contributed by atoms with Crippen molar-refractivity contribution in [3.05, 3.63) is 151 Å². The largest absolute Gasteiger partial charge is 0.463 e. The number of carbonyl (C=O) groups is 1. The maximum Gasteiger partial charge on any atom is 0.433 e. The van der Waals surface area contributed by atoms with Gasteiger partial charge in [0.15, 0.2) is 15.1 Å². The molecule has 6 aromatic rings. The van der Waals surface area contributed by atoms with Crippen molar-refractivity contribution in [1.82, 2.24) is 14.5 Å². The molecule has 0 spiro atoms. The van der Waals surface area contributed by atoms with Crippen LogP contribution >= 0.6 is 34.9 Å². The van der Waals surface area contributed by atoms with Crippen LogP contribution in [0.5, 0.6) is 0 Å². The fourth-order valence-corrected chi connectivity index (χ4v) is 7.73. The molecule has 14 heteroatoms. The Morgan fingerprint density at radius 3 is 2.31 bits per heavy atom. The van der Waals surface area contributed by atoms with Crippen molar-refractivity contribution < 1.29 is 27.1 Å². The number of halogens is 3. The maximum atomic E-state index is 14.2. The second-order valence-electron chi connectivity index (χ2n) is 11.2. The standard InChI is InChI=1S/C38H27F3N4O4S3/c1-3-48-35(47)31-32(23-12-8-5-9-13-23)44-37-45(33(31)24-14-17-26(50-2)18-15-24)34(46)28(51-37)20-25-16-19-30(49-25)52-36-42-27(22-10-6-4-7-11-22)21-29(43-36)38(39,40)41/h4-21,33H,3H2,1-2H3/b28-20+/t33-/m1/s1. The van der Waals surface area contributed by atoms with Crippen LogP contribution in [-0.4, -0.2) is 33.4 Å². The Bertz CT molecular complexity index is 2480. The Kier molecular flexibility index (Phi) is 10.0. The first-order chi connectivity index (χ1) is 25.1. The summed E-state index contributed by atoms with van der Waals surface area (Å²) >= 11 is 3.53. The Morgan fingerprint density at radius 1 is 0.962 bits per heavy atom. The van der Waals surface area contributed by atoms with Crippen LogP contribution in [0.15, 0.2) is 138 Å². The van der Waals surface area contributed by atoms with Crippen LogP contribution in [0.3, 0.4) is 0 Å². The molecule has 0 aliphatic carbocycles. The van der Waals surface area contributed by atoms with Gasteiger partial charge in [-0.1, -0.05) is 84.1 Å². The molecule has 1 aliphatic heterocycles. The van der Waals surface area contributed by atoms with Gasteiger partial charge >= 0.3 is 12.1 Å². The van der Waals surface area contributed by atoms with E-state index in [9.17, 15) is 22.8 Å². The second-order valence-corrected chi connectivity index (χ2v) is 14.1. The highest BCUT2D eigenvalue weighted by Crippen LogP contribution is 2.37.